The van der Waals surface area contributed by atoms with Crippen molar-refractivity contribution in [2.24, 2.45) is 0 Å². The Balaban J connectivity index is 1.71. The number of benzene rings is 1. The molecule has 1 fully saturated rings. The number of hydrogen-bond donors (Lipinski definition) is 2. The van der Waals surface area contributed by atoms with Crippen LogP contribution in [-0.4, -0.2) is 69.2 Å². The van der Waals surface area contributed by atoms with Gasteiger partial charge in [0.2, 0.25) is 0 Å². The molecule has 0 radical (unpaired) electrons. The number of halogens is 1. The maximum atomic E-state index is 13.2. The van der Waals surface area contributed by atoms with Crippen molar-refractivity contribution in [3.8, 4) is 0 Å². The third-order valence-electron chi connectivity index (χ3n) is 3.79. The molecule has 2 unspecified atom stereocenters. The normalized spacial score (nSPS) is 19.0. The van der Waals surface area contributed by atoms with Crippen LogP contribution >= 0.6 is 0 Å². The Bertz CT molecular complexity index is 441. The molecule has 1 aromatic carbocycles. The zero-order valence-corrected chi connectivity index (χ0v) is 13.0. The molecule has 0 spiro atoms. The molecular weight excluding hydrogens is 287 g/mol. The molecule has 124 valence electrons. The summed E-state index contributed by atoms with van der Waals surface area (Å²) in [6.07, 6.45) is -0.672. The van der Waals surface area contributed by atoms with Gasteiger partial charge in [-0.3, -0.25) is 4.90 Å². The molecule has 2 N–H and O–H groups in total. The quantitative estimate of drug-likeness (QED) is 0.743. The summed E-state index contributed by atoms with van der Waals surface area (Å²) in [6, 6.07) is 6.39. The van der Waals surface area contributed by atoms with Crippen LogP contribution in [0.2, 0.25) is 0 Å². The summed E-state index contributed by atoms with van der Waals surface area (Å²) in [6.45, 7) is 4.82. The average Bonchev–Trinajstić information content (AvgIpc) is 2.52. The van der Waals surface area contributed by atoms with E-state index in [1.165, 1.54) is 12.1 Å². The highest BCUT2D eigenvalue weighted by molar-refractivity contribution is 5.19. The molecule has 0 saturated carbocycles. The summed E-state index contributed by atoms with van der Waals surface area (Å²) in [4.78, 5) is 2.19. The van der Waals surface area contributed by atoms with Gasteiger partial charge in [-0.2, -0.15) is 0 Å². The Labute approximate surface area is 131 Å². The van der Waals surface area contributed by atoms with E-state index in [4.69, 9.17) is 9.47 Å². The molecule has 0 bridgehead atoms. The van der Waals surface area contributed by atoms with Crippen LogP contribution in [0.5, 0.6) is 0 Å². The zero-order valence-electron chi connectivity index (χ0n) is 13.0. The molecule has 1 aliphatic heterocycles. The molecular formula is C16H25FN2O3. The fourth-order valence-electron chi connectivity index (χ4n) is 2.57. The molecule has 0 amide bonds. The van der Waals surface area contributed by atoms with Gasteiger partial charge in [0.05, 0.1) is 25.4 Å². The molecule has 1 heterocycles. The predicted octanol–water partition coefficient (Wildman–Crippen LogP) is 0.796. The first-order chi connectivity index (χ1) is 10.7. The molecule has 5 nitrogen and oxygen atoms in total. The largest absolute Gasteiger partial charge is 0.390 e. The number of nitrogens with one attached hydrogen (secondary N) is 1. The van der Waals surface area contributed by atoms with Crippen LogP contribution in [0, 0.1) is 5.82 Å². The van der Waals surface area contributed by atoms with Crippen molar-refractivity contribution < 1.29 is 19.0 Å². The lowest BCUT2D eigenvalue weighted by atomic mass is 10.1. The maximum absolute atomic E-state index is 13.2. The lowest BCUT2D eigenvalue weighted by molar-refractivity contribution is 0.0140. The third-order valence-corrected chi connectivity index (χ3v) is 3.79. The van der Waals surface area contributed by atoms with E-state index in [1.54, 1.807) is 13.2 Å². The number of hydrogen-bond acceptors (Lipinski definition) is 5. The van der Waals surface area contributed by atoms with E-state index in [0.717, 1.165) is 31.9 Å². The van der Waals surface area contributed by atoms with Crippen LogP contribution in [0.25, 0.3) is 0 Å². The summed E-state index contributed by atoms with van der Waals surface area (Å²) < 4.78 is 23.9. The number of morpholine rings is 1. The van der Waals surface area contributed by atoms with Crippen LogP contribution in [0.4, 0.5) is 4.39 Å². The summed E-state index contributed by atoms with van der Waals surface area (Å²) in [5, 5.41) is 13.2. The van der Waals surface area contributed by atoms with E-state index in [9.17, 15) is 9.50 Å². The van der Waals surface area contributed by atoms with Gasteiger partial charge in [-0.15, -0.1) is 0 Å². The number of nitrogens with zero attached hydrogens (tertiary/aromatic N) is 1. The molecule has 1 aromatic rings. The Morgan fingerprint density at radius 1 is 1.36 bits per heavy atom. The van der Waals surface area contributed by atoms with Gasteiger partial charge in [0.1, 0.15) is 5.82 Å². The number of rotatable bonds is 8. The van der Waals surface area contributed by atoms with Gasteiger partial charge >= 0.3 is 0 Å². The van der Waals surface area contributed by atoms with Crippen molar-refractivity contribution in [3.63, 3.8) is 0 Å². The van der Waals surface area contributed by atoms with E-state index >= 15 is 0 Å². The lowest BCUT2D eigenvalue weighted by Gasteiger charge is -2.28. The van der Waals surface area contributed by atoms with Gasteiger partial charge in [-0.05, 0) is 17.7 Å². The molecule has 2 rings (SSSR count). The third kappa shape index (κ3) is 5.62. The van der Waals surface area contributed by atoms with Gasteiger partial charge in [-0.1, -0.05) is 12.1 Å². The molecule has 0 aliphatic carbocycles. The summed E-state index contributed by atoms with van der Waals surface area (Å²) >= 11 is 0. The highest BCUT2D eigenvalue weighted by Gasteiger charge is 2.16. The Hall–Kier alpha value is -1.05. The number of aliphatic hydroxyl groups is 1. The number of ether oxygens (including phenoxy) is 2. The highest BCUT2D eigenvalue weighted by atomic mass is 19.1. The van der Waals surface area contributed by atoms with Gasteiger partial charge in [0, 0.05) is 39.8 Å². The van der Waals surface area contributed by atoms with E-state index in [0.29, 0.717) is 19.6 Å². The first kappa shape index (κ1) is 17.3. The second kappa shape index (κ2) is 9.17. The molecule has 2 atom stereocenters. The topological polar surface area (TPSA) is 54.0 Å². The average molecular weight is 312 g/mol. The monoisotopic (exact) mass is 312 g/mol. The van der Waals surface area contributed by atoms with Gasteiger partial charge in [0.15, 0.2) is 0 Å². The van der Waals surface area contributed by atoms with Crippen molar-refractivity contribution in [2.45, 2.75) is 12.2 Å². The number of aliphatic hydroxyl groups excluding tert-OH is 1. The molecule has 6 heteroatoms. The van der Waals surface area contributed by atoms with E-state index in [-0.39, 0.29) is 11.9 Å². The second-order valence-corrected chi connectivity index (χ2v) is 5.50. The van der Waals surface area contributed by atoms with Crippen LogP contribution < -0.4 is 5.32 Å². The smallest absolute Gasteiger partial charge is 0.123 e. The summed E-state index contributed by atoms with van der Waals surface area (Å²) in [7, 11) is 1.60. The summed E-state index contributed by atoms with van der Waals surface area (Å²) in [5.74, 6) is -0.271. The van der Waals surface area contributed by atoms with Crippen LogP contribution in [0.1, 0.15) is 11.7 Å². The second-order valence-electron chi connectivity index (χ2n) is 5.50. The van der Waals surface area contributed by atoms with E-state index in [1.807, 2.05) is 6.07 Å². The van der Waals surface area contributed by atoms with Crippen molar-refractivity contribution >= 4 is 0 Å². The van der Waals surface area contributed by atoms with Gasteiger partial charge in [0.25, 0.3) is 0 Å². The van der Waals surface area contributed by atoms with Gasteiger partial charge in [-0.25, -0.2) is 4.39 Å². The van der Waals surface area contributed by atoms with Crippen molar-refractivity contribution in [1.29, 1.82) is 0 Å². The van der Waals surface area contributed by atoms with Crippen molar-refractivity contribution in [3.05, 3.63) is 35.6 Å². The SMILES string of the molecule is COC(CNCC(O)CN1CCOCC1)c1cccc(F)c1. The number of β-amino-alcohol motifs (C(OH)–C–C–N with tert-alkyl or cyclic N) is 1. The van der Waals surface area contributed by atoms with Crippen LogP contribution in [0.15, 0.2) is 24.3 Å². The molecule has 1 aliphatic rings. The van der Waals surface area contributed by atoms with E-state index < -0.39 is 6.10 Å². The van der Waals surface area contributed by atoms with Crippen LogP contribution in [-0.2, 0) is 9.47 Å². The summed E-state index contributed by atoms with van der Waals surface area (Å²) in [5.41, 5.74) is 0.790. The minimum Gasteiger partial charge on any atom is -0.390 e. The fourth-order valence-corrected chi connectivity index (χ4v) is 2.57. The molecule has 22 heavy (non-hydrogen) atoms. The first-order valence-corrected chi connectivity index (χ1v) is 7.66. The van der Waals surface area contributed by atoms with E-state index in [2.05, 4.69) is 10.2 Å². The minimum absolute atomic E-state index is 0.230. The minimum atomic E-state index is -0.442. The Morgan fingerprint density at radius 2 is 2.14 bits per heavy atom. The molecule has 1 saturated heterocycles. The standard InChI is InChI=1S/C16H25FN2O3/c1-21-16(13-3-2-4-14(17)9-13)11-18-10-15(20)12-19-5-7-22-8-6-19/h2-4,9,15-16,18,20H,5-8,10-12H2,1H3. The number of methoxy groups -OCH3 is 1. The van der Waals surface area contributed by atoms with Gasteiger partial charge < -0.3 is 19.9 Å². The lowest BCUT2D eigenvalue weighted by Crippen LogP contribution is -2.44. The highest BCUT2D eigenvalue weighted by Crippen LogP contribution is 2.16. The molecule has 0 aromatic heterocycles. The predicted molar refractivity (Wildman–Crippen MR) is 82.3 cm³/mol. The van der Waals surface area contributed by atoms with Crippen LogP contribution in [0.3, 0.4) is 0 Å². The fraction of sp³-hybridized carbons (Fsp3) is 0.625. The zero-order chi connectivity index (χ0) is 15.8. The first-order valence-electron chi connectivity index (χ1n) is 7.66. The maximum Gasteiger partial charge on any atom is 0.123 e. The Morgan fingerprint density at radius 3 is 2.82 bits per heavy atom. The van der Waals surface area contributed by atoms with Crippen molar-refractivity contribution in [2.75, 3.05) is 53.0 Å². The van der Waals surface area contributed by atoms with Crippen molar-refractivity contribution in [1.82, 2.24) is 10.2 Å². The Kier molecular flexibility index (Phi) is 7.21.